The van der Waals surface area contributed by atoms with Gasteiger partial charge in [-0.3, -0.25) is 0 Å². The number of anilines is 1. The molecule has 0 radical (unpaired) electrons. The molecule has 2 aromatic rings. The Labute approximate surface area is 155 Å². The Kier molecular flexibility index (Phi) is 6.57. The average molecular weight is 411 g/mol. The lowest BCUT2D eigenvalue weighted by Crippen LogP contribution is -2.39. The molecule has 0 spiro atoms. The number of nitrogens with one attached hydrogen (secondary N) is 2. The Hall–Kier alpha value is -1.66. The van der Waals surface area contributed by atoms with E-state index in [1.165, 1.54) is 12.1 Å². The third-order valence-electron chi connectivity index (χ3n) is 3.44. The summed E-state index contributed by atoms with van der Waals surface area (Å²) in [6.45, 7) is 6.52. The fourth-order valence-corrected chi connectivity index (χ4v) is 3.01. The van der Waals surface area contributed by atoms with E-state index in [0.717, 1.165) is 16.9 Å². The number of thiocarbonyl (C=S) groups is 1. The second-order valence-electron chi connectivity index (χ2n) is 5.66. The summed E-state index contributed by atoms with van der Waals surface area (Å²) in [7, 11) is 0. The first-order chi connectivity index (χ1) is 11.4. The van der Waals surface area contributed by atoms with Gasteiger partial charge < -0.3 is 15.4 Å². The molecule has 0 aliphatic heterocycles. The topological polar surface area (TPSA) is 33.3 Å². The van der Waals surface area contributed by atoms with Crippen LogP contribution in [0.3, 0.4) is 0 Å². The van der Waals surface area contributed by atoms with Crippen molar-refractivity contribution in [1.82, 2.24) is 5.32 Å². The number of benzene rings is 2. The molecule has 0 fully saturated rings. The fourth-order valence-electron chi connectivity index (χ4n) is 2.25. The van der Waals surface area contributed by atoms with Crippen LogP contribution in [0.25, 0.3) is 0 Å². The van der Waals surface area contributed by atoms with Crippen LogP contribution in [0.15, 0.2) is 40.9 Å². The molecule has 0 aliphatic carbocycles. The maximum absolute atomic E-state index is 13.1. The van der Waals surface area contributed by atoms with Gasteiger partial charge in [0.05, 0.1) is 11.7 Å². The van der Waals surface area contributed by atoms with E-state index >= 15 is 0 Å². The van der Waals surface area contributed by atoms with Crippen LogP contribution in [0.2, 0.25) is 0 Å². The highest BCUT2D eigenvalue weighted by Crippen LogP contribution is 2.23. The molecule has 0 bridgehead atoms. The Bertz CT molecular complexity index is 719. The summed E-state index contributed by atoms with van der Waals surface area (Å²) < 4.78 is 19.6. The van der Waals surface area contributed by atoms with Gasteiger partial charge in [-0.2, -0.15) is 0 Å². The highest BCUT2D eigenvalue weighted by Gasteiger charge is 2.09. The molecule has 2 aromatic carbocycles. The second-order valence-corrected chi connectivity index (χ2v) is 6.92. The van der Waals surface area contributed by atoms with Gasteiger partial charge in [0.25, 0.3) is 0 Å². The third kappa shape index (κ3) is 5.18. The fraction of sp³-hybridized carbons (Fsp3) is 0.278. The van der Waals surface area contributed by atoms with E-state index in [4.69, 9.17) is 17.0 Å². The van der Waals surface area contributed by atoms with Crippen molar-refractivity contribution in [2.24, 2.45) is 0 Å². The number of rotatable bonds is 5. The highest BCUT2D eigenvalue weighted by atomic mass is 79.9. The van der Waals surface area contributed by atoms with Crippen LogP contribution < -0.4 is 15.4 Å². The number of hydrogen-bond donors (Lipinski definition) is 2. The lowest BCUT2D eigenvalue weighted by molar-refractivity contribution is 0.283. The van der Waals surface area contributed by atoms with Crippen LogP contribution in [0.5, 0.6) is 5.75 Å². The summed E-state index contributed by atoms with van der Waals surface area (Å²) in [6.07, 6.45) is 0. The Morgan fingerprint density at radius 2 is 1.92 bits per heavy atom. The van der Waals surface area contributed by atoms with E-state index in [0.29, 0.717) is 21.9 Å². The molecular formula is C18H20BrFN2OS. The van der Waals surface area contributed by atoms with Crippen molar-refractivity contribution in [3.05, 3.63) is 57.8 Å². The molecule has 0 saturated carbocycles. The number of hydrogen-bond acceptors (Lipinski definition) is 2. The van der Waals surface area contributed by atoms with Crippen molar-refractivity contribution in [2.45, 2.75) is 26.8 Å². The molecule has 6 heteroatoms. The van der Waals surface area contributed by atoms with Crippen LogP contribution in [0.1, 0.15) is 18.1 Å². The normalized spacial score (nSPS) is 11.7. The van der Waals surface area contributed by atoms with Gasteiger partial charge in [-0.1, -0.05) is 18.2 Å². The van der Waals surface area contributed by atoms with Gasteiger partial charge in [0.15, 0.2) is 5.11 Å². The van der Waals surface area contributed by atoms with E-state index in [9.17, 15) is 4.39 Å². The summed E-state index contributed by atoms with van der Waals surface area (Å²) in [6, 6.07) is 10.5. The molecule has 0 saturated heterocycles. The number of halogens is 2. The van der Waals surface area contributed by atoms with Crippen molar-refractivity contribution in [2.75, 3.05) is 11.9 Å². The van der Waals surface area contributed by atoms with E-state index < -0.39 is 0 Å². The molecule has 128 valence electrons. The minimum absolute atomic E-state index is 0.0169. The first kappa shape index (κ1) is 18.7. The zero-order chi connectivity index (χ0) is 17.7. The molecule has 2 N–H and O–H groups in total. The molecule has 24 heavy (non-hydrogen) atoms. The Balaban J connectivity index is 1.87. The zero-order valence-corrected chi connectivity index (χ0v) is 16.2. The average Bonchev–Trinajstić information content (AvgIpc) is 2.49. The van der Waals surface area contributed by atoms with Crippen molar-refractivity contribution in [1.29, 1.82) is 0 Å². The van der Waals surface area contributed by atoms with E-state index in [2.05, 4.69) is 26.6 Å². The summed E-state index contributed by atoms with van der Waals surface area (Å²) in [5.74, 6) is 0.605. The van der Waals surface area contributed by atoms with Gasteiger partial charge in [0.2, 0.25) is 0 Å². The monoisotopic (exact) mass is 410 g/mol. The van der Waals surface area contributed by atoms with Gasteiger partial charge >= 0.3 is 0 Å². The summed E-state index contributed by atoms with van der Waals surface area (Å²) in [5.41, 5.74) is 2.92. The number of para-hydroxylation sites is 1. The van der Waals surface area contributed by atoms with Crippen LogP contribution in [-0.4, -0.2) is 17.8 Å². The largest absolute Gasteiger partial charge is 0.491 e. The summed E-state index contributed by atoms with van der Waals surface area (Å²) >= 11 is 8.60. The van der Waals surface area contributed by atoms with Crippen LogP contribution in [-0.2, 0) is 0 Å². The summed E-state index contributed by atoms with van der Waals surface area (Å²) in [5, 5.41) is 6.66. The molecule has 1 unspecified atom stereocenters. The molecule has 3 nitrogen and oxygen atoms in total. The molecule has 2 rings (SSSR count). The van der Waals surface area contributed by atoms with E-state index in [-0.39, 0.29) is 11.9 Å². The standard InChI is InChI=1S/C18H20BrFN2OS/c1-11-5-4-6-12(2)17(11)23-10-13(3)21-18(24)22-16-8-7-14(20)9-15(16)19/h4-9,13H,10H2,1-3H3,(H2,21,22,24). The molecule has 0 aliphatic rings. The van der Waals surface area contributed by atoms with Crippen LogP contribution in [0.4, 0.5) is 10.1 Å². The van der Waals surface area contributed by atoms with Crippen molar-refractivity contribution >= 4 is 38.9 Å². The van der Waals surface area contributed by atoms with Gasteiger partial charge in [0, 0.05) is 4.47 Å². The molecule has 0 aromatic heterocycles. The summed E-state index contributed by atoms with van der Waals surface area (Å²) in [4.78, 5) is 0. The van der Waals surface area contributed by atoms with Crippen LogP contribution >= 0.6 is 28.1 Å². The number of aryl methyl sites for hydroxylation is 2. The van der Waals surface area contributed by atoms with Gasteiger partial charge in [-0.05, 0) is 78.2 Å². The van der Waals surface area contributed by atoms with Crippen LogP contribution in [0, 0.1) is 19.7 Å². The predicted molar refractivity (Wildman–Crippen MR) is 104 cm³/mol. The Morgan fingerprint density at radius 1 is 1.25 bits per heavy atom. The highest BCUT2D eigenvalue weighted by molar-refractivity contribution is 9.10. The quantitative estimate of drug-likeness (QED) is 0.682. The zero-order valence-electron chi connectivity index (χ0n) is 13.8. The van der Waals surface area contributed by atoms with E-state index in [1.807, 2.05) is 39.0 Å². The number of ether oxygens (including phenoxy) is 1. The first-order valence-electron chi connectivity index (χ1n) is 7.58. The van der Waals surface area contributed by atoms with Crippen molar-refractivity contribution in [3.8, 4) is 5.75 Å². The van der Waals surface area contributed by atoms with Gasteiger partial charge in [0.1, 0.15) is 18.2 Å². The maximum atomic E-state index is 13.1. The van der Waals surface area contributed by atoms with Crippen molar-refractivity contribution in [3.63, 3.8) is 0 Å². The maximum Gasteiger partial charge on any atom is 0.171 e. The minimum atomic E-state index is -0.304. The first-order valence-corrected chi connectivity index (χ1v) is 8.78. The molecule has 0 amide bonds. The molecular weight excluding hydrogens is 391 g/mol. The smallest absolute Gasteiger partial charge is 0.171 e. The lowest BCUT2D eigenvalue weighted by atomic mass is 10.1. The lowest BCUT2D eigenvalue weighted by Gasteiger charge is -2.19. The van der Waals surface area contributed by atoms with Crippen molar-refractivity contribution < 1.29 is 9.13 Å². The third-order valence-corrected chi connectivity index (χ3v) is 4.32. The van der Waals surface area contributed by atoms with Gasteiger partial charge in [-0.15, -0.1) is 0 Å². The van der Waals surface area contributed by atoms with Gasteiger partial charge in [-0.25, -0.2) is 4.39 Å². The van der Waals surface area contributed by atoms with E-state index in [1.54, 1.807) is 6.07 Å². The molecule has 1 atom stereocenters. The SMILES string of the molecule is Cc1cccc(C)c1OCC(C)NC(=S)Nc1ccc(F)cc1Br. The predicted octanol–water partition coefficient (Wildman–Crippen LogP) is 4.96. The molecule has 0 heterocycles. The second kappa shape index (κ2) is 8.44. The Morgan fingerprint density at radius 3 is 2.54 bits per heavy atom. The minimum Gasteiger partial charge on any atom is -0.491 e.